The molecule has 1 fully saturated rings. The van der Waals surface area contributed by atoms with Crippen LogP contribution in [0.3, 0.4) is 0 Å². The first-order valence-electron chi connectivity index (χ1n) is 10.9. The van der Waals surface area contributed by atoms with Gasteiger partial charge in [0.15, 0.2) is 11.5 Å². The highest BCUT2D eigenvalue weighted by Crippen LogP contribution is 2.38. The fraction of sp³-hybridized carbons (Fsp3) is 0.280. The molecule has 4 rings (SSSR count). The fourth-order valence-corrected chi connectivity index (χ4v) is 4.50. The number of benzene rings is 2. The average molecular weight is 558 g/mol. The lowest BCUT2D eigenvalue weighted by atomic mass is 10.0. The van der Waals surface area contributed by atoms with Crippen molar-refractivity contribution in [1.82, 2.24) is 4.98 Å². The van der Waals surface area contributed by atoms with Crippen LogP contribution >= 0.6 is 35.0 Å². The Morgan fingerprint density at radius 1 is 1.08 bits per heavy atom. The molecule has 0 radical (unpaired) electrons. The molecule has 0 saturated heterocycles. The number of carbonyl (C=O) groups is 1. The lowest BCUT2D eigenvalue weighted by Gasteiger charge is -2.21. The molecule has 0 amide bonds. The molecule has 11 heteroatoms. The minimum absolute atomic E-state index is 0.0425. The van der Waals surface area contributed by atoms with Crippen LogP contribution in [0, 0.1) is 11.7 Å². The molecular formula is C25H20Cl2F3NO4S. The second-order valence-corrected chi connectivity index (χ2v) is 9.81. The summed E-state index contributed by atoms with van der Waals surface area (Å²) < 4.78 is 56.0. The predicted octanol–water partition coefficient (Wildman–Crippen LogP) is 8.13. The third-order valence-electron chi connectivity index (χ3n) is 5.34. The maximum Gasteiger partial charge on any atom is 0.387 e. The molecule has 0 aliphatic heterocycles. The van der Waals surface area contributed by atoms with Gasteiger partial charge in [-0.05, 0) is 65.9 Å². The molecule has 190 valence electrons. The number of nitrogens with zero attached hydrogens (tertiary/aromatic N) is 1. The summed E-state index contributed by atoms with van der Waals surface area (Å²) in [7, 11) is 0. The molecule has 3 aromatic rings. The number of alkyl halides is 2. The summed E-state index contributed by atoms with van der Waals surface area (Å²) >= 11 is 13.1. The molecule has 1 atom stereocenters. The van der Waals surface area contributed by atoms with Gasteiger partial charge in [0.1, 0.15) is 11.9 Å². The number of ether oxygens (including phenoxy) is 3. The van der Waals surface area contributed by atoms with E-state index in [2.05, 4.69) is 9.72 Å². The highest BCUT2D eigenvalue weighted by molar-refractivity contribution is 8.13. The first kappa shape index (κ1) is 26.4. The van der Waals surface area contributed by atoms with E-state index in [0.717, 1.165) is 12.8 Å². The molecule has 1 aromatic heterocycles. The zero-order valence-electron chi connectivity index (χ0n) is 18.6. The van der Waals surface area contributed by atoms with Crippen LogP contribution in [-0.2, 0) is 11.2 Å². The largest absolute Gasteiger partial charge is 0.489 e. The van der Waals surface area contributed by atoms with Crippen molar-refractivity contribution in [2.45, 2.75) is 36.9 Å². The van der Waals surface area contributed by atoms with Crippen LogP contribution in [0.2, 0.25) is 10.0 Å². The van der Waals surface area contributed by atoms with E-state index in [1.165, 1.54) is 48.8 Å². The summed E-state index contributed by atoms with van der Waals surface area (Å²) in [6.45, 7) is -2.70. The minimum Gasteiger partial charge on any atom is -0.489 e. The van der Waals surface area contributed by atoms with E-state index in [4.69, 9.17) is 32.7 Å². The summed E-state index contributed by atoms with van der Waals surface area (Å²) in [6.07, 6.45) is 3.88. The minimum atomic E-state index is -3.04. The normalized spacial score (nSPS) is 13.9. The van der Waals surface area contributed by atoms with E-state index in [9.17, 15) is 18.0 Å². The van der Waals surface area contributed by atoms with Crippen LogP contribution < -0.4 is 9.47 Å². The van der Waals surface area contributed by atoms with E-state index in [1.54, 1.807) is 6.07 Å². The Hall–Kier alpha value is -2.62. The van der Waals surface area contributed by atoms with Gasteiger partial charge in [0.05, 0.1) is 21.5 Å². The third-order valence-corrected chi connectivity index (χ3v) is 6.80. The smallest absolute Gasteiger partial charge is 0.387 e. The summed E-state index contributed by atoms with van der Waals surface area (Å²) in [4.78, 5) is 16.8. The summed E-state index contributed by atoms with van der Waals surface area (Å²) in [5.74, 6) is -0.261. The molecule has 2 aromatic carbocycles. The molecule has 0 spiro atoms. The molecule has 5 nitrogen and oxygen atoms in total. The molecule has 0 unspecified atom stereocenters. The lowest BCUT2D eigenvalue weighted by Crippen LogP contribution is -2.13. The number of thioether (sulfide) groups is 1. The average Bonchev–Trinajstić information content (AvgIpc) is 3.66. The van der Waals surface area contributed by atoms with Crippen molar-refractivity contribution in [3.63, 3.8) is 0 Å². The SMILES string of the molecule is O=C(O[C@@H](Cc1c(Cl)cncc1Cl)c1ccc(OC(F)F)c(OCC2CC2)c1)Sc1ccccc1F. The summed E-state index contributed by atoms with van der Waals surface area (Å²) in [6, 6.07) is 10.1. The molecular weight excluding hydrogens is 538 g/mol. The maximum absolute atomic E-state index is 14.1. The second kappa shape index (κ2) is 12.1. The number of hydrogen-bond acceptors (Lipinski definition) is 6. The Morgan fingerprint density at radius 3 is 2.47 bits per heavy atom. The van der Waals surface area contributed by atoms with Gasteiger partial charge < -0.3 is 14.2 Å². The van der Waals surface area contributed by atoms with Crippen molar-refractivity contribution in [2.24, 2.45) is 5.92 Å². The highest BCUT2D eigenvalue weighted by Gasteiger charge is 2.26. The van der Waals surface area contributed by atoms with Crippen molar-refractivity contribution >= 4 is 40.3 Å². The number of rotatable bonds is 10. The first-order chi connectivity index (χ1) is 17.3. The van der Waals surface area contributed by atoms with Gasteiger partial charge in [-0.15, -0.1) is 0 Å². The monoisotopic (exact) mass is 557 g/mol. The number of pyridine rings is 1. The summed E-state index contributed by atoms with van der Waals surface area (Å²) in [5.41, 5.74) is 0.893. The van der Waals surface area contributed by atoms with Crippen LogP contribution in [0.15, 0.2) is 59.8 Å². The van der Waals surface area contributed by atoms with Gasteiger partial charge in [0, 0.05) is 18.8 Å². The van der Waals surface area contributed by atoms with Gasteiger partial charge in [0.2, 0.25) is 0 Å². The predicted molar refractivity (Wildman–Crippen MR) is 131 cm³/mol. The second-order valence-electron chi connectivity index (χ2n) is 8.01. The molecule has 1 heterocycles. The van der Waals surface area contributed by atoms with Crippen molar-refractivity contribution in [3.05, 3.63) is 81.8 Å². The fourth-order valence-electron chi connectivity index (χ4n) is 3.33. The van der Waals surface area contributed by atoms with Crippen molar-refractivity contribution in [2.75, 3.05) is 6.61 Å². The van der Waals surface area contributed by atoms with Crippen LogP contribution in [0.4, 0.5) is 18.0 Å². The number of halogens is 5. The number of aromatic nitrogens is 1. The third kappa shape index (κ3) is 7.21. The van der Waals surface area contributed by atoms with Crippen LogP contribution in [0.1, 0.15) is 30.1 Å². The van der Waals surface area contributed by atoms with Gasteiger partial charge in [-0.3, -0.25) is 4.98 Å². The van der Waals surface area contributed by atoms with Crippen molar-refractivity contribution in [1.29, 1.82) is 0 Å². The Balaban J connectivity index is 1.64. The zero-order chi connectivity index (χ0) is 25.7. The van der Waals surface area contributed by atoms with E-state index in [0.29, 0.717) is 35.4 Å². The zero-order valence-corrected chi connectivity index (χ0v) is 21.0. The molecule has 1 saturated carbocycles. The number of carbonyl (C=O) groups excluding carboxylic acids is 1. The Morgan fingerprint density at radius 2 is 1.81 bits per heavy atom. The highest BCUT2D eigenvalue weighted by atomic mass is 35.5. The van der Waals surface area contributed by atoms with Crippen LogP contribution in [0.25, 0.3) is 0 Å². The van der Waals surface area contributed by atoms with Gasteiger partial charge in [-0.25, -0.2) is 9.18 Å². The quantitative estimate of drug-likeness (QED) is 0.185. The van der Waals surface area contributed by atoms with E-state index in [-0.39, 0.29) is 32.9 Å². The Bertz CT molecular complexity index is 1210. The molecule has 1 aliphatic rings. The van der Waals surface area contributed by atoms with E-state index >= 15 is 0 Å². The molecule has 1 aliphatic carbocycles. The maximum atomic E-state index is 14.1. The van der Waals surface area contributed by atoms with Crippen molar-refractivity contribution in [3.8, 4) is 11.5 Å². The molecule has 0 N–H and O–H groups in total. The topological polar surface area (TPSA) is 57.7 Å². The van der Waals surface area contributed by atoms with Crippen LogP contribution in [0.5, 0.6) is 11.5 Å². The lowest BCUT2D eigenvalue weighted by molar-refractivity contribution is -0.0515. The van der Waals surface area contributed by atoms with Gasteiger partial charge in [0.25, 0.3) is 0 Å². The first-order valence-corrected chi connectivity index (χ1v) is 12.5. The van der Waals surface area contributed by atoms with Gasteiger partial charge in [-0.2, -0.15) is 8.78 Å². The molecule has 36 heavy (non-hydrogen) atoms. The molecule has 0 bridgehead atoms. The van der Waals surface area contributed by atoms with E-state index in [1.807, 2.05) is 0 Å². The van der Waals surface area contributed by atoms with Crippen LogP contribution in [-0.4, -0.2) is 23.5 Å². The summed E-state index contributed by atoms with van der Waals surface area (Å²) in [5, 5.41) is -0.263. The van der Waals surface area contributed by atoms with E-state index < -0.39 is 23.8 Å². The Labute approximate surface area is 219 Å². The van der Waals surface area contributed by atoms with Crippen molar-refractivity contribution < 1.29 is 32.2 Å². The Kier molecular flexibility index (Phi) is 8.87. The van der Waals surface area contributed by atoms with Gasteiger partial charge in [-0.1, -0.05) is 41.4 Å². The number of hydrogen-bond donors (Lipinski definition) is 0. The van der Waals surface area contributed by atoms with Gasteiger partial charge >= 0.3 is 11.9 Å². The standard InChI is InChI=1S/C25H20Cl2F3NO4S/c26-17-11-31-12-18(27)16(17)10-21(35-25(32)36-23-4-2-1-3-19(23)28)15-7-8-20(34-24(29)30)22(9-15)33-13-14-5-6-14/h1-4,7-9,11-12,14,21,24H,5-6,10,13H2/t21-/m0/s1.